The van der Waals surface area contributed by atoms with Gasteiger partial charge < -0.3 is 15.2 Å². The van der Waals surface area contributed by atoms with Gasteiger partial charge >= 0.3 is 0 Å². The standard InChI is InChI=1S/C20H30N6O.HI/c1-3-21-20(22-11-10-19-24-16(2)25-27-19)23-14-17-6-8-18(9-7-17)15-26-12-4-5-13-26;/h6-9H,3-5,10-15H2,1-2H3,(H2,21,22,23);1H. The molecule has 0 radical (unpaired) electrons. The third-order valence-corrected chi connectivity index (χ3v) is 4.59. The Hall–Kier alpha value is -1.68. The van der Waals surface area contributed by atoms with Crippen molar-refractivity contribution in [1.29, 1.82) is 0 Å². The first-order valence-electron chi connectivity index (χ1n) is 9.84. The van der Waals surface area contributed by atoms with E-state index < -0.39 is 0 Å². The van der Waals surface area contributed by atoms with Gasteiger partial charge in [-0.1, -0.05) is 29.4 Å². The highest BCUT2D eigenvalue weighted by Gasteiger charge is 2.11. The van der Waals surface area contributed by atoms with E-state index in [0.29, 0.717) is 31.2 Å². The van der Waals surface area contributed by atoms with Crippen LogP contribution < -0.4 is 10.6 Å². The molecule has 8 heteroatoms. The molecule has 7 nitrogen and oxygen atoms in total. The molecule has 2 aromatic rings. The summed E-state index contributed by atoms with van der Waals surface area (Å²) in [6.07, 6.45) is 3.34. The number of benzene rings is 1. The molecular formula is C20H31IN6O. The van der Waals surface area contributed by atoms with Crippen molar-refractivity contribution >= 4 is 29.9 Å². The third kappa shape index (κ3) is 7.38. The first kappa shape index (κ1) is 22.6. The lowest BCUT2D eigenvalue weighted by Gasteiger charge is -2.14. The molecule has 0 atom stereocenters. The Morgan fingerprint density at radius 1 is 1.14 bits per heavy atom. The Bertz CT molecular complexity index is 725. The monoisotopic (exact) mass is 498 g/mol. The van der Waals surface area contributed by atoms with Gasteiger partial charge in [-0.15, -0.1) is 24.0 Å². The summed E-state index contributed by atoms with van der Waals surface area (Å²) < 4.78 is 5.13. The number of guanidine groups is 1. The fourth-order valence-electron chi connectivity index (χ4n) is 3.19. The van der Waals surface area contributed by atoms with Crippen molar-refractivity contribution in [1.82, 2.24) is 25.7 Å². The van der Waals surface area contributed by atoms with E-state index >= 15 is 0 Å². The second-order valence-corrected chi connectivity index (χ2v) is 6.91. The minimum atomic E-state index is 0. The topological polar surface area (TPSA) is 78.6 Å². The largest absolute Gasteiger partial charge is 0.357 e. The molecular weight excluding hydrogens is 467 g/mol. The normalized spacial score (nSPS) is 14.7. The fourth-order valence-corrected chi connectivity index (χ4v) is 3.19. The maximum atomic E-state index is 5.13. The number of likely N-dealkylation sites (tertiary alicyclic amines) is 1. The van der Waals surface area contributed by atoms with Crippen LogP contribution in [-0.2, 0) is 19.5 Å². The van der Waals surface area contributed by atoms with Crippen molar-refractivity contribution in [3.8, 4) is 0 Å². The minimum absolute atomic E-state index is 0. The summed E-state index contributed by atoms with van der Waals surface area (Å²) in [5, 5.41) is 10.4. The van der Waals surface area contributed by atoms with Crippen LogP contribution in [0.25, 0.3) is 0 Å². The molecule has 0 aliphatic carbocycles. The molecule has 1 aliphatic heterocycles. The van der Waals surface area contributed by atoms with E-state index in [4.69, 9.17) is 4.52 Å². The third-order valence-electron chi connectivity index (χ3n) is 4.59. The van der Waals surface area contributed by atoms with Crippen LogP contribution in [0, 0.1) is 6.92 Å². The van der Waals surface area contributed by atoms with Crippen molar-refractivity contribution in [3.63, 3.8) is 0 Å². The molecule has 0 bridgehead atoms. The summed E-state index contributed by atoms with van der Waals surface area (Å²) >= 11 is 0. The molecule has 0 saturated carbocycles. The number of aromatic nitrogens is 2. The van der Waals surface area contributed by atoms with Gasteiger partial charge in [-0.2, -0.15) is 4.98 Å². The van der Waals surface area contributed by atoms with Crippen LogP contribution in [0.15, 0.2) is 33.8 Å². The Kier molecular flexibility index (Phi) is 9.69. The Labute approximate surface area is 184 Å². The zero-order valence-electron chi connectivity index (χ0n) is 16.8. The number of hydrogen-bond donors (Lipinski definition) is 2. The average Bonchev–Trinajstić information content (AvgIpc) is 3.33. The van der Waals surface area contributed by atoms with Crippen molar-refractivity contribution in [3.05, 3.63) is 47.1 Å². The zero-order chi connectivity index (χ0) is 18.9. The maximum Gasteiger partial charge on any atom is 0.228 e. The van der Waals surface area contributed by atoms with Crippen LogP contribution in [-0.4, -0.2) is 47.2 Å². The molecule has 0 unspecified atom stereocenters. The quantitative estimate of drug-likeness (QED) is 0.331. The summed E-state index contributed by atoms with van der Waals surface area (Å²) in [6.45, 7) is 9.57. The highest BCUT2D eigenvalue weighted by atomic mass is 127. The lowest BCUT2D eigenvalue weighted by atomic mass is 10.1. The molecule has 2 heterocycles. The van der Waals surface area contributed by atoms with Gasteiger partial charge in [0.05, 0.1) is 6.54 Å². The van der Waals surface area contributed by atoms with Crippen LogP contribution >= 0.6 is 24.0 Å². The number of hydrogen-bond acceptors (Lipinski definition) is 5. The van der Waals surface area contributed by atoms with Crippen molar-refractivity contribution in [2.75, 3.05) is 26.2 Å². The lowest BCUT2D eigenvalue weighted by molar-refractivity contribution is 0.331. The van der Waals surface area contributed by atoms with E-state index in [1.54, 1.807) is 0 Å². The van der Waals surface area contributed by atoms with E-state index in [-0.39, 0.29) is 24.0 Å². The number of nitrogens with zero attached hydrogens (tertiary/aromatic N) is 4. The van der Waals surface area contributed by atoms with E-state index in [1.165, 1.54) is 37.1 Å². The van der Waals surface area contributed by atoms with Crippen molar-refractivity contribution in [2.24, 2.45) is 4.99 Å². The van der Waals surface area contributed by atoms with Crippen LogP contribution in [0.2, 0.25) is 0 Å². The van der Waals surface area contributed by atoms with Gasteiger partial charge in [-0.3, -0.25) is 4.90 Å². The first-order chi connectivity index (χ1) is 13.2. The number of nitrogens with one attached hydrogen (secondary N) is 2. The molecule has 1 saturated heterocycles. The molecule has 0 amide bonds. The lowest BCUT2D eigenvalue weighted by Crippen LogP contribution is -2.38. The molecule has 1 aromatic carbocycles. The van der Waals surface area contributed by atoms with Gasteiger partial charge in [-0.05, 0) is 50.9 Å². The number of aliphatic imine (C=N–C) groups is 1. The smallest absolute Gasteiger partial charge is 0.228 e. The highest BCUT2D eigenvalue weighted by molar-refractivity contribution is 14.0. The zero-order valence-corrected chi connectivity index (χ0v) is 19.1. The molecule has 154 valence electrons. The molecule has 2 N–H and O–H groups in total. The van der Waals surface area contributed by atoms with Crippen LogP contribution in [0.3, 0.4) is 0 Å². The van der Waals surface area contributed by atoms with E-state index in [2.05, 4.69) is 61.9 Å². The molecule has 1 aromatic heterocycles. The second kappa shape index (κ2) is 12.0. The van der Waals surface area contributed by atoms with Gasteiger partial charge in [0.15, 0.2) is 11.8 Å². The molecule has 3 rings (SSSR count). The van der Waals surface area contributed by atoms with Gasteiger partial charge in [0.2, 0.25) is 5.89 Å². The number of halogens is 1. The Balaban J connectivity index is 0.00000280. The molecule has 28 heavy (non-hydrogen) atoms. The molecule has 1 fully saturated rings. The van der Waals surface area contributed by atoms with Gasteiger partial charge in [-0.25, -0.2) is 4.99 Å². The molecule has 0 spiro atoms. The van der Waals surface area contributed by atoms with Gasteiger partial charge in [0, 0.05) is 26.1 Å². The predicted molar refractivity (Wildman–Crippen MR) is 122 cm³/mol. The summed E-state index contributed by atoms with van der Waals surface area (Å²) in [5.41, 5.74) is 2.59. The van der Waals surface area contributed by atoms with E-state index in [1.807, 2.05) is 6.92 Å². The van der Waals surface area contributed by atoms with Crippen molar-refractivity contribution in [2.45, 2.75) is 46.2 Å². The van der Waals surface area contributed by atoms with Crippen LogP contribution in [0.1, 0.15) is 42.6 Å². The highest BCUT2D eigenvalue weighted by Crippen LogP contribution is 2.13. The van der Waals surface area contributed by atoms with E-state index in [9.17, 15) is 0 Å². The summed E-state index contributed by atoms with van der Waals surface area (Å²) in [4.78, 5) is 11.4. The summed E-state index contributed by atoms with van der Waals surface area (Å²) in [5.74, 6) is 2.11. The summed E-state index contributed by atoms with van der Waals surface area (Å²) in [6, 6.07) is 8.81. The van der Waals surface area contributed by atoms with Crippen molar-refractivity contribution < 1.29 is 4.52 Å². The Morgan fingerprint density at radius 2 is 1.86 bits per heavy atom. The van der Waals surface area contributed by atoms with Gasteiger partial charge in [0.1, 0.15) is 0 Å². The predicted octanol–water partition coefficient (Wildman–Crippen LogP) is 2.89. The Morgan fingerprint density at radius 3 is 2.50 bits per heavy atom. The average molecular weight is 498 g/mol. The summed E-state index contributed by atoms with van der Waals surface area (Å²) in [7, 11) is 0. The van der Waals surface area contributed by atoms with Gasteiger partial charge in [0.25, 0.3) is 0 Å². The first-order valence-corrected chi connectivity index (χ1v) is 9.84. The number of aryl methyl sites for hydroxylation is 1. The SMILES string of the molecule is CCNC(=NCc1ccc(CN2CCCC2)cc1)NCCc1nc(C)no1.I. The number of rotatable bonds is 8. The van der Waals surface area contributed by atoms with Crippen LogP contribution in [0.5, 0.6) is 0 Å². The minimum Gasteiger partial charge on any atom is -0.357 e. The second-order valence-electron chi connectivity index (χ2n) is 6.91. The fraction of sp³-hybridized carbons (Fsp3) is 0.550. The van der Waals surface area contributed by atoms with E-state index in [0.717, 1.165) is 19.0 Å². The molecule has 1 aliphatic rings. The van der Waals surface area contributed by atoms with Crippen LogP contribution in [0.4, 0.5) is 0 Å². The maximum absolute atomic E-state index is 5.13.